The van der Waals surface area contributed by atoms with Crippen LogP contribution >= 0.6 is 0 Å². The first-order chi connectivity index (χ1) is 21.2. The Morgan fingerprint density at radius 2 is 1.26 bits per heavy atom. The second-order valence-electron chi connectivity index (χ2n) is 12.2. The molecule has 1 aliphatic rings. The summed E-state index contributed by atoms with van der Waals surface area (Å²) in [4.78, 5) is 0. The van der Waals surface area contributed by atoms with E-state index in [1.807, 2.05) is 6.08 Å². The minimum Gasteiger partial charge on any atom is -0.405 e. The molecule has 0 aromatic heterocycles. The number of rotatable bonds is 6. The van der Waals surface area contributed by atoms with Crippen molar-refractivity contribution in [2.75, 3.05) is 0 Å². The van der Waals surface area contributed by atoms with E-state index in [1.165, 1.54) is 103 Å². The molecule has 0 bridgehead atoms. The van der Waals surface area contributed by atoms with Crippen molar-refractivity contribution in [1.82, 2.24) is 0 Å². The van der Waals surface area contributed by atoms with Gasteiger partial charge in [0.15, 0.2) is 0 Å². The fraction of sp³-hybridized carbons (Fsp3) is 0.190. The smallest absolute Gasteiger partial charge is 0.00201 e. The average molecular weight is 558 g/mol. The predicted octanol–water partition coefficient (Wildman–Crippen LogP) is 11.5. The maximum absolute atomic E-state index is 5.58. The third kappa shape index (κ3) is 5.14. The Labute approximate surface area is 255 Å². The molecule has 1 aliphatic carbocycles. The summed E-state index contributed by atoms with van der Waals surface area (Å²) >= 11 is 0. The molecule has 1 nitrogen and oxygen atoms in total. The highest BCUT2D eigenvalue weighted by Crippen LogP contribution is 2.47. The van der Waals surface area contributed by atoms with Gasteiger partial charge >= 0.3 is 0 Å². The van der Waals surface area contributed by atoms with Gasteiger partial charge in [-0.2, -0.15) is 0 Å². The van der Waals surface area contributed by atoms with Crippen molar-refractivity contribution in [3.05, 3.63) is 144 Å². The molecule has 0 atom stereocenters. The SMILES string of the molecule is C/C(=C/C=C\N)Cc1cccc(-c2c3ccccc3c(-c3ccc(C4CCCCC4)c4ccccc34)c3ccccc23)c1. The number of hydrogen-bond donors (Lipinski definition) is 1. The van der Waals surface area contributed by atoms with Crippen molar-refractivity contribution in [1.29, 1.82) is 0 Å². The van der Waals surface area contributed by atoms with E-state index in [1.54, 1.807) is 6.20 Å². The maximum atomic E-state index is 5.58. The van der Waals surface area contributed by atoms with E-state index in [-0.39, 0.29) is 0 Å². The lowest BCUT2D eigenvalue weighted by Crippen LogP contribution is -2.05. The van der Waals surface area contributed by atoms with Crippen LogP contribution in [-0.2, 0) is 6.42 Å². The van der Waals surface area contributed by atoms with Crippen LogP contribution in [0.4, 0.5) is 0 Å². The van der Waals surface area contributed by atoms with Crippen LogP contribution in [0.5, 0.6) is 0 Å². The third-order valence-corrected chi connectivity index (χ3v) is 9.39. The highest BCUT2D eigenvalue weighted by atomic mass is 14.5. The monoisotopic (exact) mass is 557 g/mol. The average Bonchev–Trinajstić information content (AvgIpc) is 3.06. The summed E-state index contributed by atoms with van der Waals surface area (Å²) in [6.45, 7) is 2.16. The summed E-state index contributed by atoms with van der Waals surface area (Å²) in [7, 11) is 0. The Kier molecular flexibility index (Phi) is 7.56. The third-order valence-electron chi connectivity index (χ3n) is 9.39. The van der Waals surface area contributed by atoms with E-state index in [0.717, 1.165) is 6.42 Å². The molecule has 0 unspecified atom stereocenters. The van der Waals surface area contributed by atoms with E-state index >= 15 is 0 Å². The van der Waals surface area contributed by atoms with Gasteiger partial charge in [-0.1, -0.05) is 140 Å². The van der Waals surface area contributed by atoms with Gasteiger partial charge in [0.05, 0.1) is 0 Å². The van der Waals surface area contributed by atoms with Crippen molar-refractivity contribution in [2.45, 2.75) is 51.4 Å². The molecular weight excluding hydrogens is 518 g/mol. The first-order valence-corrected chi connectivity index (χ1v) is 15.8. The van der Waals surface area contributed by atoms with E-state index in [2.05, 4.69) is 122 Å². The van der Waals surface area contributed by atoms with E-state index in [4.69, 9.17) is 5.73 Å². The molecule has 0 saturated heterocycles. The molecular formula is C42H39N. The van der Waals surface area contributed by atoms with E-state index < -0.39 is 0 Å². The lowest BCUT2D eigenvalue weighted by atomic mass is 9.79. The van der Waals surface area contributed by atoms with Crippen molar-refractivity contribution in [3.8, 4) is 22.3 Å². The zero-order chi connectivity index (χ0) is 29.2. The van der Waals surface area contributed by atoms with Crippen LogP contribution in [0.3, 0.4) is 0 Å². The number of benzene rings is 6. The Balaban J connectivity index is 1.47. The number of fused-ring (bicyclic) bond motifs is 3. The summed E-state index contributed by atoms with van der Waals surface area (Å²) in [5.74, 6) is 0.667. The van der Waals surface area contributed by atoms with Gasteiger partial charge in [0.2, 0.25) is 0 Å². The predicted molar refractivity (Wildman–Crippen MR) is 186 cm³/mol. The molecule has 7 rings (SSSR count). The first kappa shape index (κ1) is 27.2. The second-order valence-corrected chi connectivity index (χ2v) is 12.2. The largest absolute Gasteiger partial charge is 0.405 e. The fourth-order valence-electron chi connectivity index (χ4n) is 7.48. The van der Waals surface area contributed by atoms with Gasteiger partial charge < -0.3 is 5.73 Å². The van der Waals surface area contributed by atoms with Gasteiger partial charge in [0.25, 0.3) is 0 Å². The normalized spacial score (nSPS) is 14.8. The molecule has 212 valence electrons. The van der Waals surface area contributed by atoms with Crippen LogP contribution < -0.4 is 5.73 Å². The molecule has 6 aromatic rings. The zero-order valence-electron chi connectivity index (χ0n) is 25.0. The summed E-state index contributed by atoms with van der Waals surface area (Å²) in [5.41, 5.74) is 14.9. The highest BCUT2D eigenvalue weighted by molar-refractivity contribution is 6.23. The number of allylic oxidation sites excluding steroid dienone is 3. The second kappa shape index (κ2) is 11.9. The minimum atomic E-state index is 0.667. The molecule has 0 aliphatic heterocycles. The molecule has 0 spiro atoms. The van der Waals surface area contributed by atoms with Crippen LogP contribution in [0, 0.1) is 0 Å². The maximum Gasteiger partial charge on any atom is -0.00201 e. The molecule has 1 heteroatoms. The Morgan fingerprint density at radius 3 is 1.91 bits per heavy atom. The Morgan fingerprint density at radius 1 is 0.651 bits per heavy atom. The standard InChI is InChI=1S/C42H39N/c1-29(13-12-26-43)27-30-14-11-17-32(28-30)41-36-20-7-9-22-38(36)42(39-23-10-8-21-37(39)41)40-25-24-33(31-15-3-2-4-16-31)34-18-5-6-19-35(34)40/h5-14,17-26,28,31H,2-4,15-16,27,43H2,1H3/b26-12-,29-13-. The molecule has 43 heavy (non-hydrogen) atoms. The van der Waals surface area contributed by atoms with Crippen LogP contribution in [-0.4, -0.2) is 0 Å². The zero-order valence-corrected chi connectivity index (χ0v) is 25.0. The van der Waals surface area contributed by atoms with Crippen LogP contribution in [0.25, 0.3) is 54.6 Å². The van der Waals surface area contributed by atoms with E-state index in [0.29, 0.717) is 5.92 Å². The lowest BCUT2D eigenvalue weighted by molar-refractivity contribution is 0.445. The van der Waals surface area contributed by atoms with Gasteiger partial charge in [-0.05, 0) is 110 Å². The van der Waals surface area contributed by atoms with Gasteiger partial charge in [0, 0.05) is 0 Å². The molecule has 2 N–H and O–H groups in total. The molecule has 1 saturated carbocycles. The lowest BCUT2D eigenvalue weighted by Gasteiger charge is -2.25. The van der Waals surface area contributed by atoms with Gasteiger partial charge in [-0.3, -0.25) is 0 Å². The minimum absolute atomic E-state index is 0.667. The molecule has 6 aromatic carbocycles. The first-order valence-electron chi connectivity index (χ1n) is 15.8. The summed E-state index contributed by atoms with van der Waals surface area (Å²) in [6, 6.07) is 41.1. The molecule has 0 radical (unpaired) electrons. The Hall–Kier alpha value is -4.62. The van der Waals surface area contributed by atoms with Crippen molar-refractivity contribution >= 4 is 32.3 Å². The van der Waals surface area contributed by atoms with Crippen molar-refractivity contribution < 1.29 is 0 Å². The summed E-state index contributed by atoms with van der Waals surface area (Å²) in [6.07, 6.45) is 13.2. The van der Waals surface area contributed by atoms with E-state index in [9.17, 15) is 0 Å². The van der Waals surface area contributed by atoms with Crippen molar-refractivity contribution in [2.24, 2.45) is 5.73 Å². The van der Waals surface area contributed by atoms with Gasteiger partial charge in [0.1, 0.15) is 0 Å². The summed E-state index contributed by atoms with van der Waals surface area (Å²) < 4.78 is 0. The fourth-order valence-corrected chi connectivity index (χ4v) is 7.48. The van der Waals surface area contributed by atoms with Gasteiger partial charge in [-0.15, -0.1) is 0 Å². The highest BCUT2D eigenvalue weighted by Gasteiger charge is 2.21. The molecule has 1 fully saturated rings. The van der Waals surface area contributed by atoms with Crippen LogP contribution in [0.2, 0.25) is 0 Å². The van der Waals surface area contributed by atoms with Crippen molar-refractivity contribution in [3.63, 3.8) is 0 Å². The number of hydrogen-bond acceptors (Lipinski definition) is 1. The summed E-state index contributed by atoms with van der Waals surface area (Å²) in [5, 5.41) is 8.00. The topological polar surface area (TPSA) is 26.0 Å². The molecule has 0 amide bonds. The van der Waals surface area contributed by atoms with Gasteiger partial charge in [-0.25, -0.2) is 0 Å². The number of nitrogens with two attached hydrogens (primary N) is 1. The van der Waals surface area contributed by atoms with Crippen LogP contribution in [0.15, 0.2) is 133 Å². The Bertz CT molecular complexity index is 1940. The van der Waals surface area contributed by atoms with Crippen LogP contribution in [0.1, 0.15) is 56.1 Å². The molecule has 0 heterocycles. The quantitative estimate of drug-likeness (QED) is 0.160.